The van der Waals surface area contributed by atoms with Crippen molar-refractivity contribution in [3.63, 3.8) is 0 Å². The SMILES string of the molecule is S=C(Nc1ncn(Cc2ccc(Cl)cc2Cl)n1)Nc1cc(Cl)ccc1Cl. The minimum Gasteiger partial charge on any atom is -0.331 e. The Hall–Kier alpha value is -1.57. The molecule has 134 valence electrons. The largest absolute Gasteiger partial charge is 0.331 e. The quantitative estimate of drug-likeness (QED) is 0.499. The molecular formula is C16H11Cl4N5S. The Balaban J connectivity index is 1.64. The lowest BCUT2D eigenvalue weighted by Gasteiger charge is -2.10. The van der Waals surface area contributed by atoms with E-state index in [1.807, 2.05) is 6.07 Å². The normalized spacial score (nSPS) is 10.6. The van der Waals surface area contributed by atoms with Crippen LogP contribution in [-0.2, 0) is 6.54 Å². The van der Waals surface area contributed by atoms with Crippen LogP contribution in [-0.4, -0.2) is 19.9 Å². The monoisotopic (exact) mass is 445 g/mol. The van der Waals surface area contributed by atoms with E-state index in [2.05, 4.69) is 20.7 Å². The van der Waals surface area contributed by atoms with Crippen molar-refractivity contribution in [1.82, 2.24) is 14.8 Å². The molecule has 26 heavy (non-hydrogen) atoms. The zero-order valence-corrected chi connectivity index (χ0v) is 16.9. The summed E-state index contributed by atoms with van der Waals surface area (Å²) in [5.74, 6) is 0.339. The van der Waals surface area contributed by atoms with E-state index in [0.29, 0.717) is 38.3 Å². The molecule has 0 saturated carbocycles. The Kier molecular flexibility index (Phi) is 6.21. The zero-order chi connectivity index (χ0) is 18.7. The summed E-state index contributed by atoms with van der Waals surface area (Å²) in [6.45, 7) is 0.449. The van der Waals surface area contributed by atoms with E-state index < -0.39 is 0 Å². The minimum atomic E-state index is 0.288. The summed E-state index contributed by atoms with van der Waals surface area (Å²) in [6.07, 6.45) is 1.57. The van der Waals surface area contributed by atoms with E-state index in [1.165, 1.54) is 0 Å². The number of aromatic nitrogens is 3. The number of anilines is 2. The van der Waals surface area contributed by atoms with Crippen molar-refractivity contribution in [2.45, 2.75) is 6.54 Å². The molecule has 1 aromatic heterocycles. The van der Waals surface area contributed by atoms with Gasteiger partial charge >= 0.3 is 0 Å². The van der Waals surface area contributed by atoms with Gasteiger partial charge in [0.25, 0.3) is 0 Å². The molecule has 0 atom stereocenters. The van der Waals surface area contributed by atoms with Crippen molar-refractivity contribution < 1.29 is 0 Å². The number of nitrogens with one attached hydrogen (secondary N) is 2. The number of hydrogen-bond acceptors (Lipinski definition) is 3. The summed E-state index contributed by atoms with van der Waals surface area (Å²) < 4.78 is 1.63. The van der Waals surface area contributed by atoms with Crippen molar-refractivity contribution in [2.24, 2.45) is 0 Å². The van der Waals surface area contributed by atoms with Gasteiger partial charge in [-0.1, -0.05) is 52.5 Å². The molecular weight excluding hydrogens is 436 g/mol. The maximum absolute atomic E-state index is 6.17. The minimum absolute atomic E-state index is 0.288. The molecule has 0 fully saturated rings. The summed E-state index contributed by atoms with van der Waals surface area (Å²) in [5, 5.41) is 12.6. The molecule has 0 aliphatic rings. The van der Waals surface area contributed by atoms with Gasteiger partial charge in [0.1, 0.15) is 6.33 Å². The van der Waals surface area contributed by atoms with Crippen molar-refractivity contribution >= 4 is 75.4 Å². The predicted molar refractivity (Wildman–Crippen MR) is 112 cm³/mol. The molecule has 5 nitrogen and oxygen atoms in total. The number of benzene rings is 2. The number of thiocarbonyl (C=S) groups is 1. The van der Waals surface area contributed by atoms with Crippen LogP contribution in [0.1, 0.15) is 5.56 Å². The Morgan fingerprint density at radius 2 is 1.69 bits per heavy atom. The molecule has 0 aliphatic carbocycles. The second-order valence-electron chi connectivity index (χ2n) is 5.20. The molecule has 0 saturated heterocycles. The van der Waals surface area contributed by atoms with Crippen LogP contribution in [0.5, 0.6) is 0 Å². The fraction of sp³-hybridized carbons (Fsp3) is 0.0625. The number of rotatable bonds is 4. The maximum atomic E-state index is 6.17. The van der Waals surface area contributed by atoms with Gasteiger partial charge < -0.3 is 5.32 Å². The molecule has 0 spiro atoms. The van der Waals surface area contributed by atoms with Crippen molar-refractivity contribution in [3.05, 3.63) is 68.4 Å². The fourth-order valence-electron chi connectivity index (χ4n) is 2.10. The highest BCUT2D eigenvalue weighted by Crippen LogP contribution is 2.25. The average Bonchev–Trinajstić information content (AvgIpc) is 3.00. The van der Waals surface area contributed by atoms with Crippen LogP contribution in [0.15, 0.2) is 42.7 Å². The molecule has 0 bridgehead atoms. The lowest BCUT2D eigenvalue weighted by molar-refractivity contribution is 0.687. The summed E-state index contributed by atoms with van der Waals surface area (Å²) >= 11 is 29.4. The van der Waals surface area contributed by atoms with Crippen molar-refractivity contribution in [1.29, 1.82) is 0 Å². The second kappa shape index (κ2) is 8.41. The van der Waals surface area contributed by atoms with Gasteiger partial charge in [-0.2, -0.15) is 0 Å². The Morgan fingerprint density at radius 1 is 0.962 bits per heavy atom. The topological polar surface area (TPSA) is 54.8 Å². The highest BCUT2D eigenvalue weighted by molar-refractivity contribution is 7.80. The van der Waals surface area contributed by atoms with Crippen LogP contribution < -0.4 is 10.6 Å². The molecule has 0 unspecified atom stereocenters. The second-order valence-corrected chi connectivity index (χ2v) is 7.30. The van der Waals surface area contributed by atoms with Gasteiger partial charge in [-0.25, -0.2) is 9.67 Å². The van der Waals surface area contributed by atoms with Crippen LogP contribution >= 0.6 is 58.6 Å². The van der Waals surface area contributed by atoms with Gasteiger partial charge in [-0.3, -0.25) is 5.32 Å². The highest BCUT2D eigenvalue weighted by atomic mass is 35.5. The van der Waals surface area contributed by atoms with Gasteiger partial charge in [-0.15, -0.1) is 5.10 Å². The summed E-state index contributed by atoms with van der Waals surface area (Å²) in [7, 11) is 0. The van der Waals surface area contributed by atoms with Crippen LogP contribution in [0.4, 0.5) is 11.6 Å². The van der Waals surface area contributed by atoms with Gasteiger partial charge in [0.15, 0.2) is 5.11 Å². The summed E-state index contributed by atoms with van der Waals surface area (Å²) in [4.78, 5) is 4.17. The Labute approximate surface area is 175 Å². The first-order valence-corrected chi connectivity index (χ1v) is 9.19. The maximum Gasteiger partial charge on any atom is 0.248 e. The molecule has 0 amide bonds. The van der Waals surface area contributed by atoms with E-state index in [-0.39, 0.29) is 5.11 Å². The fourth-order valence-corrected chi connectivity index (χ4v) is 3.11. The Bertz CT molecular complexity index is 960. The zero-order valence-electron chi connectivity index (χ0n) is 13.0. The van der Waals surface area contributed by atoms with E-state index in [4.69, 9.17) is 58.6 Å². The first kappa shape index (κ1) is 19.2. The van der Waals surface area contributed by atoms with E-state index in [9.17, 15) is 0 Å². The highest BCUT2D eigenvalue weighted by Gasteiger charge is 2.08. The molecule has 0 aliphatic heterocycles. The third-order valence-electron chi connectivity index (χ3n) is 3.29. The van der Waals surface area contributed by atoms with Crippen molar-refractivity contribution in [2.75, 3.05) is 10.6 Å². The first-order chi connectivity index (χ1) is 12.4. The number of halogens is 4. The molecule has 3 rings (SSSR count). The molecule has 1 heterocycles. The molecule has 0 radical (unpaired) electrons. The molecule has 10 heteroatoms. The third kappa shape index (κ3) is 4.99. The van der Waals surface area contributed by atoms with Gasteiger partial charge in [-0.05, 0) is 48.1 Å². The molecule has 2 N–H and O–H groups in total. The predicted octanol–water partition coefficient (Wildman–Crippen LogP) is 5.75. The lowest BCUT2D eigenvalue weighted by Crippen LogP contribution is -2.20. The van der Waals surface area contributed by atoms with Crippen LogP contribution in [0.2, 0.25) is 20.1 Å². The van der Waals surface area contributed by atoms with E-state index in [1.54, 1.807) is 41.3 Å². The number of nitrogens with zero attached hydrogens (tertiary/aromatic N) is 3. The standard InChI is InChI=1S/C16H11Cl4N5S/c17-10-2-1-9(13(20)5-10)7-25-8-21-15(24-25)23-16(26)22-14-6-11(18)3-4-12(14)19/h1-6,8H,7H2,(H2,22,23,24,26). The number of hydrogen-bond donors (Lipinski definition) is 2. The van der Waals surface area contributed by atoms with Crippen molar-refractivity contribution in [3.8, 4) is 0 Å². The van der Waals surface area contributed by atoms with Gasteiger partial charge in [0.05, 0.1) is 17.3 Å². The van der Waals surface area contributed by atoms with Crippen LogP contribution in [0.3, 0.4) is 0 Å². The molecule has 3 aromatic rings. The third-order valence-corrected chi connectivity index (χ3v) is 4.64. The van der Waals surface area contributed by atoms with E-state index in [0.717, 1.165) is 5.56 Å². The Morgan fingerprint density at radius 3 is 2.46 bits per heavy atom. The molecule has 2 aromatic carbocycles. The average molecular weight is 447 g/mol. The van der Waals surface area contributed by atoms with Crippen LogP contribution in [0.25, 0.3) is 0 Å². The van der Waals surface area contributed by atoms with E-state index >= 15 is 0 Å². The smallest absolute Gasteiger partial charge is 0.248 e. The van der Waals surface area contributed by atoms with Gasteiger partial charge in [0, 0.05) is 15.1 Å². The summed E-state index contributed by atoms with van der Waals surface area (Å²) in [6, 6.07) is 10.3. The summed E-state index contributed by atoms with van der Waals surface area (Å²) in [5.41, 5.74) is 1.46. The first-order valence-electron chi connectivity index (χ1n) is 7.27. The lowest BCUT2D eigenvalue weighted by atomic mass is 10.2. The van der Waals surface area contributed by atoms with Crippen LogP contribution in [0, 0.1) is 0 Å². The van der Waals surface area contributed by atoms with Gasteiger partial charge in [0.2, 0.25) is 5.95 Å².